The van der Waals surface area contributed by atoms with Crippen LogP contribution in [0.2, 0.25) is 0 Å². The first-order valence-electron chi connectivity index (χ1n) is 5.00. The Hall–Kier alpha value is -1.56. The maximum Gasteiger partial charge on any atom is 0.297 e. The molecule has 0 aliphatic carbocycles. The Kier molecular flexibility index (Phi) is 2.59. The molecule has 6 nitrogen and oxygen atoms in total. The molecule has 1 aliphatic rings. The Labute approximate surface area is 87.6 Å². The molecule has 1 aliphatic heterocycles. The van der Waals surface area contributed by atoms with Crippen molar-refractivity contribution in [3.8, 4) is 0 Å². The van der Waals surface area contributed by atoms with Gasteiger partial charge in [0.1, 0.15) is 0 Å². The van der Waals surface area contributed by atoms with Crippen molar-refractivity contribution in [2.75, 3.05) is 18.9 Å². The Morgan fingerprint density at radius 1 is 1.73 bits per heavy atom. The number of nitrogens with two attached hydrogens (primary N) is 1. The number of aromatic nitrogens is 2. The molecule has 0 atom stereocenters. The molecule has 1 aromatic heterocycles. The molecule has 2 heterocycles. The van der Waals surface area contributed by atoms with Gasteiger partial charge in [-0.05, 0) is 13.3 Å². The number of carbonyl (C=O) groups excluding carboxylic acids is 1. The van der Waals surface area contributed by atoms with Gasteiger partial charge in [0.15, 0.2) is 5.69 Å². The second kappa shape index (κ2) is 3.90. The predicted octanol–water partition coefficient (Wildman–Crippen LogP) is 0.263. The van der Waals surface area contributed by atoms with Gasteiger partial charge < -0.3 is 5.73 Å². The molecule has 1 aromatic rings. The van der Waals surface area contributed by atoms with Crippen LogP contribution in [0.5, 0.6) is 0 Å². The second-order valence-corrected chi connectivity index (χ2v) is 3.36. The van der Waals surface area contributed by atoms with E-state index in [0.29, 0.717) is 31.1 Å². The summed E-state index contributed by atoms with van der Waals surface area (Å²) in [6, 6.07) is 0. The second-order valence-electron chi connectivity index (χ2n) is 3.36. The highest BCUT2D eigenvalue weighted by Crippen LogP contribution is 2.16. The van der Waals surface area contributed by atoms with Crippen LogP contribution in [0, 0.1) is 0 Å². The zero-order valence-corrected chi connectivity index (χ0v) is 8.64. The van der Waals surface area contributed by atoms with Crippen LogP contribution in [0.4, 0.5) is 5.69 Å². The molecule has 0 aromatic carbocycles. The summed E-state index contributed by atoms with van der Waals surface area (Å²) in [6.07, 6.45) is 2.36. The molecule has 0 spiro atoms. The first kappa shape index (κ1) is 9.97. The molecule has 0 bridgehead atoms. The summed E-state index contributed by atoms with van der Waals surface area (Å²) in [4.78, 5) is 17.1. The quantitative estimate of drug-likeness (QED) is 0.760. The molecule has 0 radical (unpaired) electrons. The van der Waals surface area contributed by atoms with Crippen LogP contribution < -0.4 is 5.73 Å². The number of hydroxylamine groups is 2. The summed E-state index contributed by atoms with van der Waals surface area (Å²) < 4.78 is 1.58. The van der Waals surface area contributed by atoms with Gasteiger partial charge in [0.2, 0.25) is 0 Å². The van der Waals surface area contributed by atoms with Crippen molar-refractivity contribution < 1.29 is 9.63 Å². The molecule has 1 saturated heterocycles. The van der Waals surface area contributed by atoms with Crippen LogP contribution >= 0.6 is 0 Å². The molecular weight excluding hydrogens is 196 g/mol. The van der Waals surface area contributed by atoms with Crippen molar-refractivity contribution >= 4 is 11.6 Å². The summed E-state index contributed by atoms with van der Waals surface area (Å²) in [5, 5.41) is 5.36. The van der Waals surface area contributed by atoms with Crippen LogP contribution in [-0.2, 0) is 11.4 Å². The zero-order chi connectivity index (χ0) is 10.8. The fourth-order valence-corrected chi connectivity index (χ4v) is 1.60. The Morgan fingerprint density at radius 3 is 3.13 bits per heavy atom. The van der Waals surface area contributed by atoms with E-state index in [9.17, 15) is 4.79 Å². The van der Waals surface area contributed by atoms with Crippen molar-refractivity contribution in [2.24, 2.45) is 0 Å². The third kappa shape index (κ3) is 1.68. The monoisotopic (exact) mass is 210 g/mol. The van der Waals surface area contributed by atoms with Gasteiger partial charge in [-0.3, -0.25) is 14.3 Å². The molecule has 82 valence electrons. The summed E-state index contributed by atoms with van der Waals surface area (Å²) in [5.41, 5.74) is 6.52. The van der Waals surface area contributed by atoms with Crippen LogP contribution in [-0.4, -0.2) is 33.9 Å². The minimum atomic E-state index is -0.204. The lowest BCUT2D eigenvalue weighted by molar-refractivity contribution is -0.0774. The summed E-state index contributed by atoms with van der Waals surface area (Å²) in [5.74, 6) is -0.204. The van der Waals surface area contributed by atoms with Gasteiger partial charge in [-0.25, -0.2) is 5.06 Å². The van der Waals surface area contributed by atoms with Crippen LogP contribution in [0.1, 0.15) is 23.8 Å². The molecule has 0 unspecified atom stereocenters. The van der Waals surface area contributed by atoms with E-state index >= 15 is 0 Å². The number of carbonyl (C=O) groups is 1. The van der Waals surface area contributed by atoms with Crippen molar-refractivity contribution in [2.45, 2.75) is 19.9 Å². The molecule has 2 rings (SSSR count). The van der Waals surface area contributed by atoms with Gasteiger partial charge in [-0.15, -0.1) is 0 Å². The average molecular weight is 210 g/mol. The van der Waals surface area contributed by atoms with Gasteiger partial charge >= 0.3 is 0 Å². The Balaban J connectivity index is 2.27. The van der Waals surface area contributed by atoms with Crippen LogP contribution in [0.15, 0.2) is 6.20 Å². The number of nitrogens with zero attached hydrogens (tertiary/aromatic N) is 3. The number of aryl methyl sites for hydroxylation is 1. The standard InChI is InChI=1S/C9H14N4O2/c1-2-12-8(7(10)6-11-12)9(14)13-4-3-5-15-13/h6H,2-5,10H2,1H3. The summed E-state index contributed by atoms with van der Waals surface area (Å²) >= 11 is 0. The van der Waals surface area contributed by atoms with Crippen molar-refractivity contribution in [1.29, 1.82) is 0 Å². The molecule has 1 fully saturated rings. The molecule has 6 heteroatoms. The summed E-state index contributed by atoms with van der Waals surface area (Å²) in [7, 11) is 0. The van der Waals surface area contributed by atoms with Crippen molar-refractivity contribution in [1.82, 2.24) is 14.8 Å². The Bertz CT molecular complexity index is 368. The van der Waals surface area contributed by atoms with E-state index in [-0.39, 0.29) is 5.91 Å². The van der Waals surface area contributed by atoms with E-state index in [1.54, 1.807) is 4.68 Å². The van der Waals surface area contributed by atoms with Gasteiger partial charge in [0.05, 0.1) is 25.0 Å². The first-order valence-corrected chi connectivity index (χ1v) is 5.00. The van der Waals surface area contributed by atoms with Gasteiger partial charge in [-0.1, -0.05) is 0 Å². The van der Waals surface area contributed by atoms with E-state index in [2.05, 4.69) is 5.10 Å². The fraction of sp³-hybridized carbons (Fsp3) is 0.556. The third-order valence-electron chi connectivity index (χ3n) is 2.35. The van der Waals surface area contributed by atoms with Crippen molar-refractivity contribution in [3.05, 3.63) is 11.9 Å². The number of hydrogen-bond acceptors (Lipinski definition) is 4. The Morgan fingerprint density at radius 2 is 2.53 bits per heavy atom. The molecule has 1 amide bonds. The SMILES string of the molecule is CCn1ncc(N)c1C(=O)N1CCCO1. The highest BCUT2D eigenvalue weighted by molar-refractivity contribution is 5.96. The van der Waals surface area contributed by atoms with E-state index in [0.717, 1.165) is 6.42 Å². The maximum absolute atomic E-state index is 12.0. The first-order chi connectivity index (χ1) is 7.24. The average Bonchev–Trinajstić information content (AvgIpc) is 2.85. The minimum Gasteiger partial charge on any atom is -0.396 e. The lowest BCUT2D eigenvalue weighted by Crippen LogP contribution is -2.29. The molecule has 15 heavy (non-hydrogen) atoms. The number of rotatable bonds is 2. The molecular formula is C9H14N4O2. The van der Waals surface area contributed by atoms with Crippen molar-refractivity contribution in [3.63, 3.8) is 0 Å². The lowest BCUT2D eigenvalue weighted by Gasteiger charge is -2.14. The van der Waals surface area contributed by atoms with Crippen LogP contribution in [0.25, 0.3) is 0 Å². The highest BCUT2D eigenvalue weighted by Gasteiger charge is 2.25. The van der Waals surface area contributed by atoms with Gasteiger partial charge in [0, 0.05) is 6.54 Å². The smallest absolute Gasteiger partial charge is 0.297 e. The number of amides is 1. The normalized spacial score (nSPS) is 15.9. The van der Waals surface area contributed by atoms with Crippen LogP contribution in [0.3, 0.4) is 0 Å². The van der Waals surface area contributed by atoms with Gasteiger partial charge in [0.25, 0.3) is 5.91 Å². The third-order valence-corrected chi connectivity index (χ3v) is 2.35. The maximum atomic E-state index is 12.0. The van der Waals surface area contributed by atoms with E-state index in [1.165, 1.54) is 11.3 Å². The lowest BCUT2D eigenvalue weighted by atomic mass is 10.3. The van der Waals surface area contributed by atoms with E-state index < -0.39 is 0 Å². The summed E-state index contributed by atoms with van der Waals surface area (Å²) in [6.45, 7) is 3.74. The highest BCUT2D eigenvalue weighted by atomic mass is 16.7. The van der Waals surface area contributed by atoms with E-state index in [1.807, 2.05) is 6.92 Å². The number of nitrogen functional groups attached to an aromatic ring is 1. The molecule has 0 saturated carbocycles. The van der Waals surface area contributed by atoms with Gasteiger partial charge in [-0.2, -0.15) is 5.10 Å². The topological polar surface area (TPSA) is 73.4 Å². The number of anilines is 1. The number of hydrogen-bond donors (Lipinski definition) is 1. The minimum absolute atomic E-state index is 0.204. The molecule has 2 N–H and O–H groups in total. The largest absolute Gasteiger partial charge is 0.396 e. The predicted molar refractivity (Wildman–Crippen MR) is 53.9 cm³/mol. The fourth-order valence-electron chi connectivity index (χ4n) is 1.60. The zero-order valence-electron chi connectivity index (χ0n) is 8.64. The van der Waals surface area contributed by atoms with E-state index in [4.69, 9.17) is 10.6 Å².